The van der Waals surface area contributed by atoms with Crippen LogP contribution in [0.3, 0.4) is 0 Å². The molecular weight excluding hydrogens is 454 g/mol. The van der Waals surface area contributed by atoms with Crippen LogP contribution >= 0.6 is 23.1 Å². The van der Waals surface area contributed by atoms with E-state index >= 15 is 0 Å². The van der Waals surface area contributed by atoms with Gasteiger partial charge in [0.2, 0.25) is 11.8 Å². The summed E-state index contributed by atoms with van der Waals surface area (Å²) in [5.41, 5.74) is 2.01. The summed E-state index contributed by atoms with van der Waals surface area (Å²) in [6.45, 7) is 0. The Morgan fingerprint density at radius 2 is 2.03 bits per heavy atom. The molecule has 0 radical (unpaired) electrons. The van der Waals surface area contributed by atoms with Gasteiger partial charge in [0.15, 0.2) is 5.13 Å². The number of thiazole rings is 1. The van der Waals surface area contributed by atoms with Crippen LogP contribution in [0.4, 0.5) is 10.8 Å². The van der Waals surface area contributed by atoms with E-state index in [2.05, 4.69) is 20.5 Å². The van der Waals surface area contributed by atoms with Gasteiger partial charge in [-0.05, 0) is 30.3 Å². The van der Waals surface area contributed by atoms with Crippen LogP contribution in [-0.2, 0) is 4.79 Å². The summed E-state index contributed by atoms with van der Waals surface area (Å²) in [5, 5.41) is 23.9. The number of carbonyl (C=O) groups is 1. The van der Waals surface area contributed by atoms with Crippen LogP contribution in [0, 0.1) is 10.1 Å². The van der Waals surface area contributed by atoms with Crippen molar-refractivity contribution >= 4 is 39.8 Å². The highest BCUT2D eigenvalue weighted by Crippen LogP contribution is 2.28. The van der Waals surface area contributed by atoms with Crippen LogP contribution < -0.4 is 10.1 Å². The van der Waals surface area contributed by atoms with Crippen molar-refractivity contribution < 1.29 is 18.9 Å². The predicted octanol–water partition coefficient (Wildman–Crippen LogP) is 4.51. The summed E-state index contributed by atoms with van der Waals surface area (Å²) in [5.74, 6) is 0.652. The van der Waals surface area contributed by atoms with Crippen LogP contribution in [0.2, 0.25) is 0 Å². The minimum atomic E-state index is -0.501. The molecule has 2 aromatic carbocycles. The van der Waals surface area contributed by atoms with E-state index in [0.717, 1.165) is 28.8 Å². The molecule has 0 bridgehead atoms. The van der Waals surface area contributed by atoms with Crippen molar-refractivity contribution in [2.45, 2.75) is 5.22 Å². The van der Waals surface area contributed by atoms with Crippen molar-refractivity contribution in [1.82, 2.24) is 15.2 Å². The van der Waals surface area contributed by atoms with Crippen molar-refractivity contribution in [1.29, 1.82) is 0 Å². The summed E-state index contributed by atoms with van der Waals surface area (Å²) in [7, 11) is 1.60. The Hall–Kier alpha value is -3.77. The van der Waals surface area contributed by atoms with Gasteiger partial charge in [0.05, 0.1) is 23.5 Å². The average molecular weight is 470 g/mol. The molecule has 4 rings (SSSR count). The van der Waals surface area contributed by atoms with Gasteiger partial charge in [-0.3, -0.25) is 14.9 Å². The number of amides is 1. The minimum Gasteiger partial charge on any atom is -0.497 e. The quantitative estimate of drug-likeness (QED) is 0.225. The van der Waals surface area contributed by atoms with Crippen molar-refractivity contribution in [2.75, 3.05) is 18.2 Å². The Bertz CT molecular complexity index is 1260. The fourth-order valence-corrected chi connectivity index (χ4v) is 3.94. The summed E-state index contributed by atoms with van der Waals surface area (Å²) in [6.07, 6.45) is 0. The van der Waals surface area contributed by atoms with Gasteiger partial charge in [-0.1, -0.05) is 17.8 Å². The van der Waals surface area contributed by atoms with E-state index < -0.39 is 4.92 Å². The number of nitro benzene ring substituents is 1. The molecule has 1 N–H and O–H groups in total. The van der Waals surface area contributed by atoms with E-state index in [1.54, 1.807) is 13.2 Å². The zero-order chi connectivity index (χ0) is 22.5. The first kappa shape index (κ1) is 21.5. The lowest BCUT2D eigenvalue weighted by molar-refractivity contribution is -0.384. The zero-order valence-corrected chi connectivity index (χ0v) is 18.2. The number of non-ortho nitro benzene ring substituents is 1. The number of anilines is 1. The van der Waals surface area contributed by atoms with E-state index in [0.29, 0.717) is 10.7 Å². The zero-order valence-electron chi connectivity index (χ0n) is 16.5. The molecule has 0 aliphatic rings. The van der Waals surface area contributed by atoms with E-state index in [4.69, 9.17) is 9.15 Å². The number of nitrogens with zero attached hydrogens (tertiary/aromatic N) is 4. The smallest absolute Gasteiger partial charge is 0.277 e. The Morgan fingerprint density at radius 1 is 1.22 bits per heavy atom. The van der Waals surface area contributed by atoms with Crippen molar-refractivity contribution in [3.05, 3.63) is 64.0 Å². The molecule has 2 heterocycles. The van der Waals surface area contributed by atoms with Gasteiger partial charge in [0, 0.05) is 28.6 Å². The third kappa shape index (κ3) is 5.10. The summed E-state index contributed by atoms with van der Waals surface area (Å²) in [4.78, 5) is 27.1. The summed E-state index contributed by atoms with van der Waals surface area (Å²) >= 11 is 2.38. The maximum atomic E-state index is 12.3. The lowest BCUT2D eigenvalue weighted by Gasteiger charge is -2.01. The van der Waals surface area contributed by atoms with Gasteiger partial charge >= 0.3 is 0 Å². The molecule has 32 heavy (non-hydrogen) atoms. The lowest BCUT2D eigenvalue weighted by Crippen LogP contribution is -2.13. The molecule has 0 unspecified atom stereocenters. The van der Waals surface area contributed by atoms with Crippen LogP contribution in [0.15, 0.2) is 63.6 Å². The number of carbonyl (C=O) groups excluding carboxylic acids is 1. The first-order valence-electron chi connectivity index (χ1n) is 9.13. The minimum absolute atomic E-state index is 0.0357. The van der Waals surface area contributed by atoms with Crippen LogP contribution in [0.25, 0.3) is 22.7 Å². The molecule has 0 saturated carbocycles. The number of hydrogen-bond donors (Lipinski definition) is 1. The predicted molar refractivity (Wildman–Crippen MR) is 120 cm³/mol. The molecule has 10 nitrogen and oxygen atoms in total. The highest BCUT2D eigenvalue weighted by atomic mass is 32.2. The number of hydrogen-bond acceptors (Lipinski definition) is 10. The number of thioether (sulfide) groups is 1. The maximum absolute atomic E-state index is 12.3. The van der Waals surface area contributed by atoms with Crippen molar-refractivity contribution in [3.8, 4) is 28.5 Å². The average Bonchev–Trinajstić information content (AvgIpc) is 3.48. The largest absolute Gasteiger partial charge is 0.497 e. The molecule has 1 amide bonds. The highest BCUT2D eigenvalue weighted by Gasteiger charge is 2.15. The molecule has 0 aliphatic carbocycles. The van der Waals surface area contributed by atoms with E-state index in [1.165, 1.54) is 29.5 Å². The first-order valence-corrected chi connectivity index (χ1v) is 11.0. The van der Waals surface area contributed by atoms with E-state index in [-0.39, 0.29) is 28.5 Å². The Labute approximate surface area is 189 Å². The molecule has 0 fully saturated rings. The molecule has 4 aromatic rings. The number of rotatable bonds is 8. The van der Waals surface area contributed by atoms with Gasteiger partial charge < -0.3 is 14.5 Å². The second-order valence-electron chi connectivity index (χ2n) is 6.28. The summed E-state index contributed by atoms with van der Waals surface area (Å²) in [6, 6.07) is 13.4. The van der Waals surface area contributed by atoms with Gasteiger partial charge in [-0.15, -0.1) is 21.5 Å². The molecule has 0 aliphatic heterocycles. The van der Waals surface area contributed by atoms with Crippen LogP contribution in [0.1, 0.15) is 0 Å². The summed E-state index contributed by atoms with van der Waals surface area (Å²) < 4.78 is 10.6. The fraction of sp³-hybridized carbons (Fsp3) is 0.100. The second kappa shape index (κ2) is 9.58. The number of nitro groups is 1. The molecule has 162 valence electrons. The van der Waals surface area contributed by atoms with Crippen molar-refractivity contribution in [2.24, 2.45) is 0 Å². The maximum Gasteiger partial charge on any atom is 0.277 e. The standard InChI is InChI=1S/C20H15N5O5S2/c1-29-15-7-5-12(6-8-15)16-10-31-19(21-16)22-17(26)11-32-20-24-23-18(30-20)13-3-2-4-14(9-13)25(27)28/h2-10H,11H2,1H3,(H,21,22,26). The molecular formula is C20H15N5O5S2. The topological polar surface area (TPSA) is 133 Å². The Morgan fingerprint density at radius 3 is 2.78 bits per heavy atom. The van der Waals surface area contributed by atoms with Gasteiger partial charge in [-0.2, -0.15) is 0 Å². The number of methoxy groups -OCH3 is 1. The van der Waals surface area contributed by atoms with E-state index in [9.17, 15) is 14.9 Å². The third-order valence-corrected chi connectivity index (χ3v) is 5.75. The van der Waals surface area contributed by atoms with E-state index in [1.807, 2.05) is 29.6 Å². The molecule has 0 spiro atoms. The SMILES string of the molecule is COc1ccc(-c2csc(NC(=O)CSc3nnc(-c4cccc([N+](=O)[O-])c4)o3)n2)cc1. The number of benzene rings is 2. The molecule has 0 saturated heterocycles. The third-order valence-electron chi connectivity index (χ3n) is 4.17. The fourth-order valence-electron chi connectivity index (χ4n) is 2.65. The van der Waals surface area contributed by atoms with Crippen LogP contribution in [-0.4, -0.2) is 38.9 Å². The number of nitrogens with one attached hydrogen (secondary N) is 1. The monoisotopic (exact) mass is 469 g/mol. The molecule has 0 atom stereocenters. The Balaban J connectivity index is 1.33. The number of aromatic nitrogens is 3. The second-order valence-corrected chi connectivity index (χ2v) is 8.07. The first-order chi connectivity index (χ1) is 15.5. The normalized spacial score (nSPS) is 10.7. The van der Waals surface area contributed by atoms with Crippen molar-refractivity contribution in [3.63, 3.8) is 0 Å². The highest BCUT2D eigenvalue weighted by molar-refractivity contribution is 7.99. The van der Waals surface area contributed by atoms with Crippen LogP contribution in [0.5, 0.6) is 5.75 Å². The van der Waals surface area contributed by atoms with Gasteiger partial charge in [0.1, 0.15) is 5.75 Å². The molecule has 12 heteroatoms. The number of ether oxygens (including phenoxy) is 1. The molecule has 2 aromatic heterocycles. The Kier molecular flexibility index (Phi) is 6.42. The van der Waals surface area contributed by atoms with Gasteiger partial charge in [0.25, 0.3) is 10.9 Å². The lowest BCUT2D eigenvalue weighted by atomic mass is 10.2. The van der Waals surface area contributed by atoms with Gasteiger partial charge in [-0.25, -0.2) is 4.98 Å².